The summed E-state index contributed by atoms with van der Waals surface area (Å²) in [5.41, 5.74) is 4.34. The quantitative estimate of drug-likeness (QED) is 0.140. The molecule has 3 aliphatic rings. The lowest BCUT2D eigenvalue weighted by Crippen LogP contribution is -2.54. The fraction of sp³-hybridized carbons (Fsp3) is 0.478. The molecule has 2 unspecified atom stereocenters. The van der Waals surface area contributed by atoms with Gasteiger partial charge in [-0.05, 0) is 110 Å². The van der Waals surface area contributed by atoms with Gasteiger partial charge in [0.05, 0.1) is 26.3 Å². The molecule has 3 heterocycles. The zero-order valence-electron chi connectivity index (χ0n) is 36.2. The SMILES string of the molecule is COC(=O)N[C@H](C(=O)N1CCC[C@H]1C(=O)Nc1ccc(C2CCC(c3ccc(NC(=O)[C@@H]4CCCN4C(=O)[C@@H](NC(=O)OC)C(C)C)cc3)N2c2ccc(Cl)cc2)cc1)C(C)C. The van der Waals surface area contributed by atoms with Crippen molar-refractivity contribution in [1.82, 2.24) is 20.4 Å². The third-order valence-electron chi connectivity index (χ3n) is 12.1. The number of methoxy groups -OCH3 is 2. The minimum Gasteiger partial charge on any atom is -0.453 e. The molecule has 3 aromatic carbocycles. The minimum atomic E-state index is -0.817. The van der Waals surface area contributed by atoms with Crippen LogP contribution in [0.1, 0.15) is 89.4 Å². The van der Waals surface area contributed by atoms with Crippen molar-refractivity contribution in [3.05, 3.63) is 88.9 Å². The van der Waals surface area contributed by atoms with Gasteiger partial charge in [0.2, 0.25) is 23.6 Å². The van der Waals surface area contributed by atoms with Crippen LogP contribution >= 0.6 is 11.6 Å². The van der Waals surface area contributed by atoms with E-state index in [4.69, 9.17) is 21.1 Å². The molecule has 6 atom stereocenters. The first-order valence-electron chi connectivity index (χ1n) is 21.4. The predicted molar refractivity (Wildman–Crippen MR) is 237 cm³/mol. The first-order chi connectivity index (χ1) is 29.7. The summed E-state index contributed by atoms with van der Waals surface area (Å²) in [6.07, 6.45) is 2.68. The normalized spacial score (nSPS) is 20.8. The number of likely N-dealkylation sites (tertiary alicyclic amines) is 2. The highest BCUT2D eigenvalue weighted by Crippen LogP contribution is 2.47. The van der Waals surface area contributed by atoms with Crippen LogP contribution in [0.15, 0.2) is 72.8 Å². The Bertz CT molecular complexity index is 1960. The zero-order valence-corrected chi connectivity index (χ0v) is 36.9. The number of nitrogens with zero attached hydrogens (tertiary/aromatic N) is 3. The maximum absolute atomic E-state index is 13.6. The molecule has 15 nitrogen and oxygen atoms in total. The van der Waals surface area contributed by atoms with E-state index in [-0.39, 0.29) is 47.5 Å². The summed E-state index contributed by atoms with van der Waals surface area (Å²) in [4.78, 5) is 83.6. The van der Waals surface area contributed by atoms with Crippen LogP contribution in [-0.2, 0) is 28.7 Å². The Balaban J connectivity index is 1.13. The summed E-state index contributed by atoms with van der Waals surface area (Å²) in [7, 11) is 2.49. The number of benzene rings is 3. The molecule has 0 radical (unpaired) electrons. The van der Waals surface area contributed by atoms with E-state index in [9.17, 15) is 28.8 Å². The number of halogens is 1. The number of carbonyl (C=O) groups excluding carboxylic acids is 6. The van der Waals surface area contributed by atoms with Crippen molar-refractivity contribution in [2.45, 2.75) is 102 Å². The van der Waals surface area contributed by atoms with E-state index in [2.05, 4.69) is 26.2 Å². The second-order valence-corrected chi connectivity index (χ2v) is 17.2. The maximum Gasteiger partial charge on any atom is 0.407 e. The molecule has 16 heteroatoms. The van der Waals surface area contributed by atoms with Gasteiger partial charge in [-0.1, -0.05) is 63.6 Å². The minimum absolute atomic E-state index is 0.00208. The van der Waals surface area contributed by atoms with Crippen molar-refractivity contribution in [2.75, 3.05) is 42.8 Å². The maximum atomic E-state index is 13.6. The highest BCUT2D eigenvalue weighted by atomic mass is 35.5. The van der Waals surface area contributed by atoms with Crippen LogP contribution in [0.4, 0.5) is 26.7 Å². The number of carbonyl (C=O) groups is 6. The molecular weight excluding hydrogens is 814 g/mol. The molecule has 3 fully saturated rings. The Morgan fingerprint density at radius 2 is 0.968 bits per heavy atom. The zero-order chi connectivity index (χ0) is 44.7. The van der Waals surface area contributed by atoms with Crippen LogP contribution in [0.5, 0.6) is 0 Å². The van der Waals surface area contributed by atoms with E-state index in [1.165, 1.54) is 14.2 Å². The fourth-order valence-corrected chi connectivity index (χ4v) is 8.96. The third-order valence-corrected chi connectivity index (χ3v) is 12.3. The topological polar surface area (TPSA) is 179 Å². The van der Waals surface area contributed by atoms with E-state index >= 15 is 0 Å². The lowest BCUT2D eigenvalue weighted by molar-refractivity contribution is -0.139. The van der Waals surface area contributed by atoms with Crippen molar-refractivity contribution in [3.63, 3.8) is 0 Å². The molecule has 4 N–H and O–H groups in total. The Kier molecular flexibility index (Phi) is 15.0. The van der Waals surface area contributed by atoms with Gasteiger partial charge < -0.3 is 45.4 Å². The molecule has 3 saturated heterocycles. The standard InChI is InChI=1S/C46H58ClN7O8/c1-27(2)39(50-45(59)61-5)43(57)52-25-7-9-37(52)41(55)48-32-17-11-29(12-18-32)35-23-24-36(54(35)34-21-15-31(47)16-22-34)30-13-19-33(20-14-30)49-42(56)38-10-8-26-53(38)44(58)40(28(3)4)51-46(60)62-6/h11-22,27-28,35-40H,7-10,23-26H2,1-6H3,(H,48,55)(H,49,56)(H,50,59)(H,51,60)/t35?,36?,37-,38-,39-,40-/m0/s1. The number of alkyl carbamates (subject to hydrolysis) is 2. The third kappa shape index (κ3) is 10.4. The Morgan fingerprint density at radius 1 is 0.581 bits per heavy atom. The van der Waals surface area contributed by atoms with Crippen molar-refractivity contribution >= 4 is 64.5 Å². The smallest absolute Gasteiger partial charge is 0.407 e. The molecule has 0 aliphatic carbocycles. The second-order valence-electron chi connectivity index (χ2n) is 16.8. The van der Waals surface area contributed by atoms with Crippen LogP contribution in [0.3, 0.4) is 0 Å². The molecule has 6 rings (SSSR count). The number of nitrogens with one attached hydrogen (secondary N) is 4. The van der Waals surface area contributed by atoms with Crippen molar-refractivity contribution in [1.29, 1.82) is 0 Å². The number of rotatable bonds is 13. The summed E-state index contributed by atoms with van der Waals surface area (Å²) in [6.45, 7) is 8.17. The van der Waals surface area contributed by atoms with Gasteiger partial charge in [0.15, 0.2) is 0 Å². The van der Waals surface area contributed by atoms with E-state index in [0.717, 1.165) is 29.7 Å². The van der Waals surface area contributed by atoms with Gasteiger partial charge in [-0.3, -0.25) is 19.2 Å². The van der Waals surface area contributed by atoms with E-state index in [1.807, 2.05) is 100 Å². The fourth-order valence-electron chi connectivity index (χ4n) is 8.83. The molecule has 3 aromatic rings. The summed E-state index contributed by atoms with van der Waals surface area (Å²) in [6, 6.07) is 20.4. The number of amides is 6. The van der Waals surface area contributed by atoms with Gasteiger partial charge in [0.25, 0.3) is 0 Å². The first kappa shape index (κ1) is 45.7. The van der Waals surface area contributed by atoms with Crippen molar-refractivity contribution in [2.24, 2.45) is 11.8 Å². The average Bonchev–Trinajstić information content (AvgIpc) is 4.06. The Morgan fingerprint density at radius 3 is 1.32 bits per heavy atom. The summed E-state index contributed by atoms with van der Waals surface area (Å²) in [5, 5.41) is 11.9. The van der Waals surface area contributed by atoms with Gasteiger partial charge in [0.1, 0.15) is 24.2 Å². The first-order valence-corrected chi connectivity index (χ1v) is 21.7. The predicted octanol–water partition coefficient (Wildman–Crippen LogP) is 7.04. The molecule has 0 spiro atoms. The van der Waals surface area contributed by atoms with Gasteiger partial charge in [0, 0.05) is 35.2 Å². The highest BCUT2D eigenvalue weighted by molar-refractivity contribution is 6.30. The average molecular weight is 872 g/mol. The number of ether oxygens (including phenoxy) is 2. The van der Waals surface area contributed by atoms with Gasteiger partial charge in [-0.15, -0.1) is 0 Å². The molecular formula is C46H58ClN7O8. The number of hydrogen-bond acceptors (Lipinski definition) is 9. The molecule has 6 amide bonds. The number of anilines is 3. The molecule has 62 heavy (non-hydrogen) atoms. The lowest BCUT2D eigenvalue weighted by Gasteiger charge is -2.33. The van der Waals surface area contributed by atoms with Gasteiger partial charge in [-0.2, -0.15) is 0 Å². The summed E-state index contributed by atoms with van der Waals surface area (Å²) in [5.74, 6) is -1.60. The molecule has 0 saturated carbocycles. The molecule has 3 aliphatic heterocycles. The van der Waals surface area contributed by atoms with Gasteiger partial charge in [-0.25, -0.2) is 9.59 Å². The summed E-state index contributed by atoms with van der Waals surface area (Å²) >= 11 is 6.33. The van der Waals surface area contributed by atoms with Crippen LogP contribution in [-0.4, -0.2) is 97.1 Å². The monoisotopic (exact) mass is 871 g/mol. The molecule has 0 aromatic heterocycles. The highest BCUT2D eigenvalue weighted by Gasteiger charge is 2.41. The van der Waals surface area contributed by atoms with Crippen molar-refractivity contribution in [3.8, 4) is 0 Å². The van der Waals surface area contributed by atoms with E-state index < -0.39 is 36.4 Å². The van der Waals surface area contributed by atoms with E-state index in [0.29, 0.717) is 55.2 Å². The largest absolute Gasteiger partial charge is 0.453 e. The second kappa shape index (κ2) is 20.4. The van der Waals surface area contributed by atoms with Crippen LogP contribution in [0.25, 0.3) is 0 Å². The van der Waals surface area contributed by atoms with E-state index in [1.54, 1.807) is 9.80 Å². The lowest BCUT2D eigenvalue weighted by atomic mass is 10.0. The van der Waals surface area contributed by atoms with Crippen LogP contribution < -0.4 is 26.2 Å². The Hall–Kier alpha value is -5.83. The number of hydrogen-bond donors (Lipinski definition) is 4. The van der Waals surface area contributed by atoms with Gasteiger partial charge >= 0.3 is 12.2 Å². The Labute approximate surface area is 368 Å². The van der Waals surface area contributed by atoms with Crippen LogP contribution in [0, 0.1) is 11.8 Å². The molecule has 332 valence electrons. The van der Waals surface area contributed by atoms with Crippen molar-refractivity contribution < 1.29 is 38.2 Å². The van der Waals surface area contributed by atoms with Crippen LogP contribution in [0.2, 0.25) is 5.02 Å². The summed E-state index contributed by atoms with van der Waals surface area (Å²) < 4.78 is 9.45. The molecule has 0 bridgehead atoms.